The van der Waals surface area contributed by atoms with Crippen LogP contribution in [0.3, 0.4) is 0 Å². The third-order valence-corrected chi connectivity index (χ3v) is 4.10. The molecule has 0 bridgehead atoms. The fourth-order valence-electron chi connectivity index (χ4n) is 2.71. The maximum Gasteiger partial charge on any atom is 0.253 e. The number of para-hydroxylation sites is 1. The zero-order valence-corrected chi connectivity index (χ0v) is 13.6. The van der Waals surface area contributed by atoms with Crippen LogP contribution in [0, 0.1) is 6.92 Å². The Hall–Kier alpha value is -2.89. The maximum atomic E-state index is 12.0. The Balaban J connectivity index is 1.49. The van der Waals surface area contributed by atoms with E-state index in [1.165, 1.54) is 17.2 Å². The SMILES string of the molecule is Cc1c(CC(=O)NCCCn2ccc3ccccc32)nc[nH]c1=O. The van der Waals surface area contributed by atoms with Crippen molar-refractivity contribution in [3.8, 4) is 0 Å². The number of hydrogen-bond donors (Lipinski definition) is 2. The summed E-state index contributed by atoms with van der Waals surface area (Å²) in [5.74, 6) is -0.117. The van der Waals surface area contributed by atoms with Crippen molar-refractivity contribution in [1.82, 2.24) is 19.9 Å². The van der Waals surface area contributed by atoms with E-state index in [2.05, 4.69) is 44.2 Å². The molecular weight excluding hydrogens is 304 g/mol. The van der Waals surface area contributed by atoms with Crippen LogP contribution in [0.15, 0.2) is 47.7 Å². The molecule has 0 radical (unpaired) electrons. The fraction of sp³-hybridized carbons (Fsp3) is 0.278. The third kappa shape index (κ3) is 3.53. The van der Waals surface area contributed by atoms with Crippen LogP contribution in [0.5, 0.6) is 0 Å². The summed E-state index contributed by atoms with van der Waals surface area (Å²) < 4.78 is 2.18. The van der Waals surface area contributed by atoms with Gasteiger partial charge in [0.1, 0.15) is 0 Å². The van der Waals surface area contributed by atoms with Crippen LogP contribution in [0.4, 0.5) is 0 Å². The third-order valence-electron chi connectivity index (χ3n) is 4.10. The minimum atomic E-state index is -0.202. The highest BCUT2D eigenvalue weighted by Gasteiger charge is 2.09. The van der Waals surface area contributed by atoms with Gasteiger partial charge in [0, 0.05) is 30.4 Å². The van der Waals surface area contributed by atoms with E-state index in [9.17, 15) is 9.59 Å². The van der Waals surface area contributed by atoms with Gasteiger partial charge in [0.25, 0.3) is 5.56 Å². The summed E-state index contributed by atoms with van der Waals surface area (Å²) in [4.78, 5) is 30.0. The topological polar surface area (TPSA) is 79.8 Å². The molecule has 0 fully saturated rings. The number of carbonyl (C=O) groups is 1. The van der Waals surface area contributed by atoms with Crippen LogP contribution in [-0.2, 0) is 17.8 Å². The Morgan fingerprint density at radius 2 is 2.12 bits per heavy atom. The van der Waals surface area contributed by atoms with Gasteiger partial charge in [-0.15, -0.1) is 0 Å². The van der Waals surface area contributed by atoms with Gasteiger partial charge in [-0.2, -0.15) is 0 Å². The number of H-pyrrole nitrogens is 1. The summed E-state index contributed by atoms with van der Waals surface area (Å²) in [5.41, 5.74) is 2.01. The summed E-state index contributed by atoms with van der Waals surface area (Å²) in [5, 5.41) is 4.10. The van der Waals surface area contributed by atoms with Crippen molar-refractivity contribution in [2.45, 2.75) is 26.3 Å². The Bertz CT molecular complexity index is 911. The quantitative estimate of drug-likeness (QED) is 0.678. The number of aromatic nitrogens is 3. The van der Waals surface area contributed by atoms with Crippen LogP contribution in [0.2, 0.25) is 0 Å². The lowest BCUT2D eigenvalue weighted by Gasteiger charge is -2.08. The average molecular weight is 324 g/mol. The molecule has 0 aliphatic rings. The highest BCUT2D eigenvalue weighted by Crippen LogP contribution is 2.15. The smallest absolute Gasteiger partial charge is 0.253 e. The van der Waals surface area contributed by atoms with Crippen molar-refractivity contribution in [3.05, 3.63) is 64.5 Å². The summed E-state index contributed by atoms with van der Waals surface area (Å²) in [6, 6.07) is 10.3. The first-order valence-electron chi connectivity index (χ1n) is 7.99. The van der Waals surface area contributed by atoms with Gasteiger partial charge in [-0.05, 0) is 30.9 Å². The molecule has 2 heterocycles. The molecule has 2 N–H and O–H groups in total. The number of aromatic amines is 1. The molecule has 1 aromatic carbocycles. The van der Waals surface area contributed by atoms with E-state index in [1.807, 2.05) is 12.1 Å². The average Bonchev–Trinajstić information content (AvgIpc) is 2.99. The molecule has 6 nitrogen and oxygen atoms in total. The number of aryl methyl sites for hydroxylation is 1. The fourth-order valence-corrected chi connectivity index (χ4v) is 2.71. The van der Waals surface area contributed by atoms with E-state index in [-0.39, 0.29) is 17.9 Å². The lowest BCUT2D eigenvalue weighted by molar-refractivity contribution is -0.120. The Labute approximate surface area is 139 Å². The first kappa shape index (κ1) is 16.0. The number of amides is 1. The molecule has 124 valence electrons. The summed E-state index contributed by atoms with van der Waals surface area (Å²) in [6.45, 7) is 3.11. The minimum absolute atomic E-state index is 0.117. The van der Waals surface area contributed by atoms with Gasteiger partial charge in [-0.25, -0.2) is 4.98 Å². The second kappa shape index (κ2) is 7.12. The molecule has 0 saturated carbocycles. The van der Waals surface area contributed by atoms with Crippen molar-refractivity contribution in [2.24, 2.45) is 0 Å². The van der Waals surface area contributed by atoms with Crippen molar-refractivity contribution >= 4 is 16.8 Å². The predicted octanol–water partition coefficient (Wildman–Crippen LogP) is 1.78. The van der Waals surface area contributed by atoms with Crippen LogP contribution < -0.4 is 10.9 Å². The van der Waals surface area contributed by atoms with Crippen LogP contribution in [0.1, 0.15) is 17.7 Å². The summed E-state index contributed by atoms with van der Waals surface area (Å²) in [7, 11) is 0. The van der Waals surface area contributed by atoms with Crippen molar-refractivity contribution in [3.63, 3.8) is 0 Å². The second-order valence-electron chi connectivity index (χ2n) is 5.75. The molecule has 1 amide bonds. The zero-order chi connectivity index (χ0) is 16.9. The van der Waals surface area contributed by atoms with Crippen molar-refractivity contribution < 1.29 is 4.79 Å². The number of hydrogen-bond acceptors (Lipinski definition) is 3. The van der Waals surface area contributed by atoms with Crippen LogP contribution in [0.25, 0.3) is 10.9 Å². The zero-order valence-electron chi connectivity index (χ0n) is 13.6. The molecule has 0 spiro atoms. The number of benzene rings is 1. The lowest BCUT2D eigenvalue weighted by atomic mass is 10.2. The highest BCUT2D eigenvalue weighted by atomic mass is 16.1. The Morgan fingerprint density at radius 1 is 1.29 bits per heavy atom. The largest absolute Gasteiger partial charge is 0.356 e. The molecule has 24 heavy (non-hydrogen) atoms. The molecule has 0 saturated heterocycles. The van der Waals surface area contributed by atoms with Crippen molar-refractivity contribution in [2.75, 3.05) is 6.54 Å². The van der Waals surface area contributed by atoms with E-state index in [0.717, 1.165) is 13.0 Å². The predicted molar refractivity (Wildman–Crippen MR) is 92.9 cm³/mol. The van der Waals surface area contributed by atoms with Gasteiger partial charge in [0.05, 0.1) is 18.4 Å². The number of carbonyl (C=O) groups excluding carboxylic acids is 1. The molecule has 6 heteroatoms. The standard InChI is InChI=1S/C18H20N4O2/c1-13-15(20-12-21-18(13)24)11-17(23)19-8-4-9-22-10-7-14-5-2-3-6-16(14)22/h2-3,5-7,10,12H,4,8-9,11H2,1H3,(H,19,23)(H,20,21,24). The van der Waals surface area contributed by atoms with E-state index < -0.39 is 0 Å². The van der Waals surface area contributed by atoms with E-state index in [4.69, 9.17) is 0 Å². The molecule has 0 atom stereocenters. The minimum Gasteiger partial charge on any atom is -0.356 e. The molecular formula is C18H20N4O2. The molecule has 0 unspecified atom stereocenters. The maximum absolute atomic E-state index is 12.0. The molecule has 0 aliphatic carbocycles. The normalized spacial score (nSPS) is 10.9. The lowest BCUT2D eigenvalue weighted by Crippen LogP contribution is -2.28. The second-order valence-corrected chi connectivity index (χ2v) is 5.75. The van der Waals surface area contributed by atoms with Crippen LogP contribution in [-0.4, -0.2) is 27.0 Å². The van der Waals surface area contributed by atoms with Crippen molar-refractivity contribution in [1.29, 1.82) is 0 Å². The van der Waals surface area contributed by atoms with Gasteiger partial charge in [0.15, 0.2) is 0 Å². The molecule has 2 aromatic heterocycles. The number of nitrogens with zero attached hydrogens (tertiary/aromatic N) is 2. The van der Waals surface area contributed by atoms with E-state index in [1.54, 1.807) is 6.92 Å². The monoisotopic (exact) mass is 324 g/mol. The van der Waals surface area contributed by atoms with Gasteiger partial charge in [0.2, 0.25) is 5.91 Å². The molecule has 0 aliphatic heterocycles. The summed E-state index contributed by atoms with van der Waals surface area (Å²) >= 11 is 0. The van der Waals surface area contributed by atoms with E-state index in [0.29, 0.717) is 17.8 Å². The summed E-state index contributed by atoms with van der Waals surface area (Å²) in [6.07, 6.45) is 4.36. The number of rotatable bonds is 6. The first-order chi connectivity index (χ1) is 11.6. The Morgan fingerprint density at radius 3 is 3.00 bits per heavy atom. The number of nitrogens with one attached hydrogen (secondary N) is 2. The molecule has 3 aromatic rings. The van der Waals surface area contributed by atoms with Gasteiger partial charge < -0.3 is 14.9 Å². The van der Waals surface area contributed by atoms with Gasteiger partial charge >= 0.3 is 0 Å². The van der Waals surface area contributed by atoms with Gasteiger partial charge in [-0.3, -0.25) is 9.59 Å². The van der Waals surface area contributed by atoms with Crippen LogP contribution >= 0.6 is 0 Å². The highest BCUT2D eigenvalue weighted by molar-refractivity contribution is 5.80. The van der Waals surface area contributed by atoms with Gasteiger partial charge in [-0.1, -0.05) is 18.2 Å². The number of fused-ring (bicyclic) bond motifs is 1. The van der Waals surface area contributed by atoms with E-state index >= 15 is 0 Å². The molecule has 3 rings (SSSR count). The Kier molecular flexibility index (Phi) is 4.74. The first-order valence-corrected chi connectivity index (χ1v) is 7.99.